The summed E-state index contributed by atoms with van der Waals surface area (Å²) in [7, 11) is -3.98. The van der Waals surface area contributed by atoms with Gasteiger partial charge in [0.1, 0.15) is 0 Å². The molecule has 0 bridgehead atoms. The first-order valence-corrected chi connectivity index (χ1v) is 6.37. The van der Waals surface area contributed by atoms with Crippen molar-refractivity contribution in [2.45, 2.75) is 20.8 Å². The SMILES string of the molecule is CC(=O)O[Si](CN=C=O)(OC(C)=O)OC(C)=O. The minimum absolute atomic E-state index is 0.546. The number of isocyanates is 1. The normalized spacial score (nSPS) is 9.82. The lowest BCUT2D eigenvalue weighted by atomic mass is 10.9. The molecule has 0 aliphatic carbocycles. The number of aliphatic imine (C=N–C) groups is 1. The number of hydrogen-bond acceptors (Lipinski definition) is 8. The lowest BCUT2D eigenvalue weighted by Crippen LogP contribution is -2.52. The van der Waals surface area contributed by atoms with E-state index in [1.165, 1.54) is 6.08 Å². The van der Waals surface area contributed by atoms with Crippen molar-refractivity contribution >= 4 is 32.8 Å². The van der Waals surface area contributed by atoms with Gasteiger partial charge in [-0.15, -0.1) is 0 Å². The van der Waals surface area contributed by atoms with Gasteiger partial charge in [-0.3, -0.25) is 14.4 Å². The molecule has 0 aliphatic rings. The fourth-order valence-electron chi connectivity index (χ4n) is 0.945. The van der Waals surface area contributed by atoms with Gasteiger partial charge in [0.15, 0.2) is 6.17 Å². The molecule has 0 heterocycles. The summed E-state index contributed by atoms with van der Waals surface area (Å²) >= 11 is 0. The van der Waals surface area contributed by atoms with Crippen LogP contribution in [-0.4, -0.2) is 39.0 Å². The Morgan fingerprint density at radius 1 is 1.00 bits per heavy atom. The van der Waals surface area contributed by atoms with Gasteiger partial charge in [0, 0.05) is 20.8 Å². The molecule has 0 rings (SSSR count). The van der Waals surface area contributed by atoms with Crippen molar-refractivity contribution in [2.75, 3.05) is 6.17 Å². The zero-order valence-corrected chi connectivity index (χ0v) is 10.5. The third kappa shape index (κ3) is 6.23. The van der Waals surface area contributed by atoms with Crippen LogP contribution in [0.25, 0.3) is 0 Å². The molecule has 8 nitrogen and oxygen atoms in total. The second-order valence-corrected chi connectivity index (χ2v) is 5.17. The van der Waals surface area contributed by atoms with Gasteiger partial charge in [0.25, 0.3) is 17.9 Å². The van der Waals surface area contributed by atoms with Gasteiger partial charge in [0.2, 0.25) is 6.08 Å². The van der Waals surface area contributed by atoms with Gasteiger partial charge in [-0.1, -0.05) is 0 Å². The predicted octanol–water partition coefficient (Wildman–Crippen LogP) is -0.510. The fourth-order valence-corrected chi connectivity index (χ4v) is 2.84. The maximum absolute atomic E-state index is 10.9. The molecule has 0 N–H and O–H groups in total. The largest absolute Gasteiger partial charge is 0.728 e. The topological polar surface area (TPSA) is 108 Å². The van der Waals surface area contributed by atoms with E-state index in [0.29, 0.717) is 0 Å². The maximum Gasteiger partial charge on any atom is 0.728 e. The van der Waals surface area contributed by atoms with E-state index in [1.807, 2.05) is 0 Å². The van der Waals surface area contributed by atoms with Gasteiger partial charge in [-0.2, -0.15) is 4.99 Å². The van der Waals surface area contributed by atoms with Crippen LogP contribution in [0.3, 0.4) is 0 Å². The summed E-state index contributed by atoms with van der Waals surface area (Å²) in [4.78, 5) is 45.8. The summed E-state index contributed by atoms with van der Waals surface area (Å²) in [6.45, 7) is 3.12. The van der Waals surface area contributed by atoms with E-state index < -0.39 is 32.9 Å². The Labute approximate surface area is 97.9 Å². The molecule has 94 valence electrons. The number of carbonyl (C=O) groups excluding carboxylic acids is 4. The third-order valence-electron chi connectivity index (χ3n) is 1.23. The molecule has 0 aromatic heterocycles. The summed E-state index contributed by atoms with van der Waals surface area (Å²) in [5.74, 6) is -2.46. The summed E-state index contributed by atoms with van der Waals surface area (Å²) in [6, 6.07) is 0. The van der Waals surface area contributed by atoms with E-state index in [2.05, 4.69) is 4.99 Å². The van der Waals surface area contributed by atoms with Crippen LogP contribution in [0, 0.1) is 0 Å². The molecule has 0 saturated heterocycles. The highest BCUT2D eigenvalue weighted by molar-refractivity contribution is 6.65. The molecule has 9 heteroatoms. The van der Waals surface area contributed by atoms with Crippen LogP contribution < -0.4 is 0 Å². The average Bonchev–Trinajstić information content (AvgIpc) is 2.11. The number of carbonyl (C=O) groups is 3. The minimum atomic E-state index is -3.98. The van der Waals surface area contributed by atoms with Crippen LogP contribution in [0.1, 0.15) is 20.8 Å². The number of rotatable bonds is 5. The van der Waals surface area contributed by atoms with Gasteiger partial charge in [0.05, 0.1) is 0 Å². The maximum atomic E-state index is 10.9. The van der Waals surface area contributed by atoms with Crippen molar-refractivity contribution < 1.29 is 32.5 Å². The van der Waals surface area contributed by atoms with Crippen molar-refractivity contribution in [1.82, 2.24) is 0 Å². The first-order chi connectivity index (χ1) is 7.81. The summed E-state index contributed by atoms with van der Waals surface area (Å²) in [6.07, 6.45) is 0.632. The van der Waals surface area contributed by atoms with Crippen LogP contribution in [0.2, 0.25) is 0 Å². The number of hydrogen-bond donors (Lipinski definition) is 0. The van der Waals surface area contributed by atoms with Crippen LogP contribution in [0.15, 0.2) is 4.99 Å². The molecule has 0 aromatic carbocycles. The van der Waals surface area contributed by atoms with E-state index >= 15 is 0 Å². The number of nitrogens with zero attached hydrogens (tertiary/aromatic N) is 1. The van der Waals surface area contributed by atoms with Crippen LogP contribution in [0.5, 0.6) is 0 Å². The van der Waals surface area contributed by atoms with Crippen molar-refractivity contribution in [3.63, 3.8) is 0 Å². The molecule has 0 radical (unpaired) electrons. The van der Waals surface area contributed by atoms with E-state index in [1.54, 1.807) is 0 Å². The summed E-state index contributed by atoms with van der Waals surface area (Å²) < 4.78 is 14.1. The Balaban J connectivity index is 5.15. The molecular weight excluding hydrogens is 250 g/mol. The highest BCUT2D eigenvalue weighted by Crippen LogP contribution is 2.12. The first kappa shape index (κ1) is 15.0. The highest BCUT2D eigenvalue weighted by atomic mass is 28.4. The molecule has 0 amide bonds. The lowest BCUT2D eigenvalue weighted by molar-refractivity contribution is -0.147. The molecule has 17 heavy (non-hydrogen) atoms. The zero-order chi connectivity index (χ0) is 13.5. The van der Waals surface area contributed by atoms with E-state index in [4.69, 9.17) is 13.3 Å². The standard InChI is InChI=1S/C8H11NO7Si/c1-6(11)14-17(5-9-4-10,15-7(2)12)16-8(3)13/h5H2,1-3H3. The summed E-state index contributed by atoms with van der Waals surface area (Å²) in [5.41, 5.74) is 0. The summed E-state index contributed by atoms with van der Waals surface area (Å²) in [5, 5.41) is 0. The van der Waals surface area contributed by atoms with Gasteiger partial charge in [-0.25, -0.2) is 4.79 Å². The molecule has 0 aromatic rings. The quantitative estimate of drug-likeness (QED) is 0.372. The van der Waals surface area contributed by atoms with E-state index in [-0.39, 0.29) is 0 Å². The smallest absolute Gasteiger partial charge is 0.454 e. The van der Waals surface area contributed by atoms with E-state index in [9.17, 15) is 19.2 Å². The Bertz CT molecular complexity index is 324. The Morgan fingerprint density at radius 2 is 1.35 bits per heavy atom. The van der Waals surface area contributed by atoms with Gasteiger partial charge < -0.3 is 13.3 Å². The Morgan fingerprint density at radius 3 is 1.59 bits per heavy atom. The Kier molecular flexibility index (Phi) is 5.79. The predicted molar refractivity (Wildman–Crippen MR) is 54.0 cm³/mol. The molecule has 0 fully saturated rings. The first-order valence-electron chi connectivity index (χ1n) is 4.43. The second-order valence-electron chi connectivity index (χ2n) is 2.87. The van der Waals surface area contributed by atoms with Gasteiger partial charge >= 0.3 is 8.80 Å². The van der Waals surface area contributed by atoms with Crippen molar-refractivity contribution in [2.24, 2.45) is 4.99 Å². The molecular formula is C8H11NO7Si. The van der Waals surface area contributed by atoms with Crippen molar-refractivity contribution in [3.8, 4) is 0 Å². The fraction of sp³-hybridized carbons (Fsp3) is 0.500. The van der Waals surface area contributed by atoms with Gasteiger partial charge in [-0.05, 0) is 0 Å². The molecule has 0 spiro atoms. The molecule has 0 aliphatic heterocycles. The zero-order valence-electron chi connectivity index (χ0n) is 9.51. The average molecular weight is 261 g/mol. The highest BCUT2D eigenvalue weighted by Gasteiger charge is 2.52. The minimum Gasteiger partial charge on any atom is -0.454 e. The third-order valence-corrected chi connectivity index (χ3v) is 3.58. The molecule has 0 saturated carbocycles. The van der Waals surface area contributed by atoms with Crippen molar-refractivity contribution in [1.29, 1.82) is 0 Å². The lowest BCUT2D eigenvalue weighted by Gasteiger charge is -2.23. The van der Waals surface area contributed by atoms with Crippen LogP contribution >= 0.6 is 0 Å². The van der Waals surface area contributed by atoms with Crippen LogP contribution in [0.4, 0.5) is 0 Å². The monoisotopic (exact) mass is 261 g/mol. The second kappa shape index (κ2) is 6.56. The molecule has 0 atom stereocenters. The van der Waals surface area contributed by atoms with Crippen molar-refractivity contribution in [3.05, 3.63) is 0 Å². The van der Waals surface area contributed by atoms with E-state index in [0.717, 1.165) is 20.8 Å². The Hall–Kier alpha value is -1.99. The van der Waals surface area contributed by atoms with Crippen LogP contribution in [-0.2, 0) is 32.5 Å². The molecule has 0 unspecified atom stereocenters.